The van der Waals surface area contributed by atoms with Crippen LogP contribution in [0.4, 0.5) is 0 Å². The van der Waals surface area contributed by atoms with Crippen LogP contribution in [0.15, 0.2) is 18.2 Å². The normalized spacial score (nSPS) is 9.95. The molecule has 0 fully saturated rings. The molecular weight excluding hydrogens is 303 g/mol. The van der Waals surface area contributed by atoms with E-state index in [9.17, 15) is 9.59 Å². The van der Waals surface area contributed by atoms with Crippen LogP contribution in [0.3, 0.4) is 0 Å². The number of rotatable bonds is 7. The number of likely N-dealkylation sites (N-methyl/N-ethyl adjacent to an activating group) is 1. The molecule has 0 aromatic heterocycles. The second-order valence-electron chi connectivity index (χ2n) is 3.98. The fraction of sp³-hybridized carbons (Fsp3) is 0.385. The number of hydrogen-bond donors (Lipinski definition) is 2. The molecule has 1 rings (SSSR count). The first kappa shape index (κ1) is 16.6. The van der Waals surface area contributed by atoms with Crippen LogP contribution in [0.25, 0.3) is 0 Å². The Labute approximate surface area is 127 Å². The highest BCUT2D eigenvalue weighted by Gasteiger charge is 2.05. The molecule has 0 unspecified atom stereocenters. The molecule has 0 saturated heterocycles. The summed E-state index contributed by atoms with van der Waals surface area (Å²) < 4.78 is 5.44. The molecule has 110 valence electrons. The maximum absolute atomic E-state index is 11.4. The third-order valence-electron chi connectivity index (χ3n) is 2.42. The molecule has 1 aromatic rings. The zero-order chi connectivity index (χ0) is 15.0. The van der Waals surface area contributed by atoms with E-state index in [0.29, 0.717) is 28.8 Å². The van der Waals surface area contributed by atoms with E-state index in [1.54, 1.807) is 18.2 Å². The quantitative estimate of drug-likeness (QED) is 0.756. The number of halogens is 2. The molecule has 0 radical (unpaired) electrons. The fourth-order valence-corrected chi connectivity index (χ4v) is 1.83. The van der Waals surface area contributed by atoms with Crippen molar-refractivity contribution < 1.29 is 14.3 Å². The fourth-order valence-electron chi connectivity index (χ4n) is 1.36. The Balaban J connectivity index is 2.21. The summed E-state index contributed by atoms with van der Waals surface area (Å²) in [4.78, 5) is 22.3. The van der Waals surface area contributed by atoms with Gasteiger partial charge >= 0.3 is 0 Å². The van der Waals surface area contributed by atoms with Gasteiger partial charge in [0.2, 0.25) is 11.8 Å². The van der Waals surface area contributed by atoms with E-state index in [1.165, 1.54) is 7.05 Å². The number of benzene rings is 1. The van der Waals surface area contributed by atoms with Crippen molar-refractivity contribution in [1.82, 2.24) is 10.6 Å². The highest BCUT2D eigenvalue weighted by atomic mass is 35.5. The van der Waals surface area contributed by atoms with Gasteiger partial charge in [0.1, 0.15) is 5.75 Å². The number of ether oxygens (including phenoxy) is 1. The first-order valence-corrected chi connectivity index (χ1v) is 6.83. The topological polar surface area (TPSA) is 67.4 Å². The molecule has 0 aliphatic rings. The van der Waals surface area contributed by atoms with Gasteiger partial charge in [-0.15, -0.1) is 0 Å². The van der Waals surface area contributed by atoms with Crippen molar-refractivity contribution in [1.29, 1.82) is 0 Å². The smallest absolute Gasteiger partial charge is 0.239 e. The van der Waals surface area contributed by atoms with Crippen LogP contribution in [-0.2, 0) is 9.59 Å². The zero-order valence-corrected chi connectivity index (χ0v) is 12.6. The average molecular weight is 319 g/mol. The molecule has 7 heteroatoms. The lowest BCUT2D eigenvalue weighted by Gasteiger charge is -2.08. The number of nitrogens with one attached hydrogen (secondary N) is 2. The first-order valence-electron chi connectivity index (χ1n) is 6.08. The van der Waals surface area contributed by atoms with Crippen LogP contribution >= 0.6 is 23.2 Å². The predicted molar refractivity (Wildman–Crippen MR) is 78.3 cm³/mol. The Kier molecular flexibility index (Phi) is 7.18. The maximum atomic E-state index is 11.4. The lowest BCUT2D eigenvalue weighted by Crippen LogP contribution is -2.35. The van der Waals surface area contributed by atoms with Crippen molar-refractivity contribution in [3.05, 3.63) is 28.2 Å². The Bertz CT molecular complexity index is 481. The minimum absolute atomic E-state index is 0.0147. The Morgan fingerprint density at radius 1 is 1.25 bits per heavy atom. The molecule has 1 aromatic carbocycles. The van der Waals surface area contributed by atoms with Gasteiger partial charge in [-0.3, -0.25) is 9.59 Å². The maximum Gasteiger partial charge on any atom is 0.239 e. The number of carbonyl (C=O) groups is 2. The predicted octanol–water partition coefficient (Wildman–Crippen LogP) is 2.01. The molecule has 0 spiro atoms. The number of hydrogen-bond acceptors (Lipinski definition) is 3. The molecule has 5 nitrogen and oxygen atoms in total. The van der Waals surface area contributed by atoms with E-state index in [4.69, 9.17) is 27.9 Å². The molecule has 0 saturated carbocycles. The van der Waals surface area contributed by atoms with Crippen LogP contribution < -0.4 is 15.4 Å². The van der Waals surface area contributed by atoms with Crippen molar-refractivity contribution in [2.75, 3.05) is 20.2 Å². The van der Waals surface area contributed by atoms with Crippen molar-refractivity contribution in [3.63, 3.8) is 0 Å². The summed E-state index contributed by atoms with van der Waals surface area (Å²) in [6, 6.07) is 4.95. The van der Waals surface area contributed by atoms with Crippen molar-refractivity contribution in [2.45, 2.75) is 12.8 Å². The molecule has 0 aliphatic heterocycles. The molecule has 0 heterocycles. The van der Waals surface area contributed by atoms with E-state index in [-0.39, 0.29) is 24.8 Å². The lowest BCUT2D eigenvalue weighted by atomic mass is 10.3. The van der Waals surface area contributed by atoms with Crippen LogP contribution in [0.2, 0.25) is 10.0 Å². The van der Waals surface area contributed by atoms with Crippen molar-refractivity contribution in [2.24, 2.45) is 0 Å². The summed E-state index contributed by atoms with van der Waals surface area (Å²) in [6.45, 7) is 0.341. The van der Waals surface area contributed by atoms with E-state index in [2.05, 4.69) is 10.6 Å². The second-order valence-corrected chi connectivity index (χ2v) is 4.82. The third-order valence-corrected chi connectivity index (χ3v) is 2.96. The lowest BCUT2D eigenvalue weighted by molar-refractivity contribution is -0.126. The standard InChI is InChI=1S/C13H16Cl2N2O3/c1-16-13(19)8-17-12(18)3-2-6-20-11-5-4-9(14)7-10(11)15/h4-5,7H,2-3,6,8H2,1H3,(H,16,19)(H,17,18). The van der Waals surface area contributed by atoms with Gasteiger partial charge in [-0.25, -0.2) is 0 Å². The summed E-state index contributed by atoms with van der Waals surface area (Å²) >= 11 is 11.7. The van der Waals surface area contributed by atoms with Gasteiger partial charge in [0.05, 0.1) is 18.2 Å². The Morgan fingerprint density at radius 2 is 2.00 bits per heavy atom. The Hall–Kier alpha value is -1.46. The van der Waals surface area contributed by atoms with Crippen molar-refractivity contribution >= 4 is 35.0 Å². The number of carbonyl (C=O) groups excluding carboxylic acids is 2. The molecule has 0 bridgehead atoms. The molecular formula is C13H16Cl2N2O3. The van der Waals surface area contributed by atoms with E-state index in [0.717, 1.165) is 0 Å². The van der Waals surface area contributed by atoms with Gasteiger partial charge in [0.25, 0.3) is 0 Å². The minimum atomic E-state index is -0.234. The van der Waals surface area contributed by atoms with Gasteiger partial charge in [0.15, 0.2) is 0 Å². The average Bonchev–Trinajstić information content (AvgIpc) is 2.42. The van der Waals surface area contributed by atoms with Gasteiger partial charge in [-0.1, -0.05) is 23.2 Å². The molecule has 0 atom stereocenters. The van der Waals surface area contributed by atoms with Gasteiger partial charge in [-0.2, -0.15) is 0 Å². The monoisotopic (exact) mass is 318 g/mol. The van der Waals surface area contributed by atoms with Crippen LogP contribution in [0.1, 0.15) is 12.8 Å². The molecule has 20 heavy (non-hydrogen) atoms. The second kappa shape index (κ2) is 8.66. The summed E-state index contributed by atoms with van der Waals surface area (Å²) in [5, 5.41) is 5.89. The summed E-state index contributed by atoms with van der Waals surface area (Å²) in [5.41, 5.74) is 0. The van der Waals surface area contributed by atoms with Crippen LogP contribution in [-0.4, -0.2) is 32.0 Å². The van der Waals surface area contributed by atoms with Gasteiger partial charge < -0.3 is 15.4 Å². The van der Waals surface area contributed by atoms with E-state index in [1.807, 2.05) is 0 Å². The molecule has 0 aliphatic carbocycles. The van der Waals surface area contributed by atoms with E-state index < -0.39 is 0 Å². The van der Waals surface area contributed by atoms with Crippen LogP contribution in [0, 0.1) is 0 Å². The Morgan fingerprint density at radius 3 is 2.65 bits per heavy atom. The minimum Gasteiger partial charge on any atom is -0.492 e. The summed E-state index contributed by atoms with van der Waals surface area (Å²) in [6.07, 6.45) is 0.806. The third kappa shape index (κ3) is 6.12. The summed E-state index contributed by atoms with van der Waals surface area (Å²) in [7, 11) is 1.51. The SMILES string of the molecule is CNC(=O)CNC(=O)CCCOc1ccc(Cl)cc1Cl. The highest BCUT2D eigenvalue weighted by Crippen LogP contribution is 2.27. The zero-order valence-electron chi connectivity index (χ0n) is 11.0. The first-order chi connectivity index (χ1) is 9.52. The number of amides is 2. The van der Waals surface area contributed by atoms with Crippen LogP contribution in [0.5, 0.6) is 5.75 Å². The molecule has 2 N–H and O–H groups in total. The molecule has 2 amide bonds. The largest absolute Gasteiger partial charge is 0.492 e. The van der Waals surface area contributed by atoms with Crippen molar-refractivity contribution in [3.8, 4) is 5.75 Å². The summed E-state index contributed by atoms with van der Waals surface area (Å²) in [5.74, 6) is 0.101. The van der Waals surface area contributed by atoms with Gasteiger partial charge in [-0.05, 0) is 24.6 Å². The highest BCUT2D eigenvalue weighted by molar-refractivity contribution is 6.35. The van der Waals surface area contributed by atoms with E-state index >= 15 is 0 Å². The van der Waals surface area contributed by atoms with Gasteiger partial charge in [0, 0.05) is 18.5 Å².